The fourth-order valence-electron chi connectivity index (χ4n) is 4.86. The van der Waals surface area contributed by atoms with E-state index >= 15 is 0 Å². The molecule has 5 rings (SSSR count). The quantitative estimate of drug-likeness (QED) is 0.210. The Hall–Kier alpha value is -4.43. The minimum absolute atomic E-state index is 0.235. The second kappa shape index (κ2) is 12.5. The van der Waals surface area contributed by atoms with Gasteiger partial charge in [-0.1, -0.05) is 42.5 Å². The molecule has 3 aromatic carbocycles. The number of carbonyl (C=O) groups is 1. The van der Waals surface area contributed by atoms with Crippen LogP contribution in [0.1, 0.15) is 23.1 Å². The number of sulfonamides is 1. The van der Waals surface area contributed by atoms with Crippen LogP contribution in [0.3, 0.4) is 0 Å². The predicted molar refractivity (Wildman–Crippen MR) is 154 cm³/mol. The number of benzene rings is 3. The lowest BCUT2D eigenvalue weighted by atomic mass is 10.1. The van der Waals surface area contributed by atoms with Gasteiger partial charge in [0.2, 0.25) is 15.9 Å². The van der Waals surface area contributed by atoms with Crippen LogP contribution in [-0.2, 0) is 34.1 Å². The van der Waals surface area contributed by atoms with E-state index in [2.05, 4.69) is 15.6 Å². The van der Waals surface area contributed by atoms with Crippen LogP contribution in [0.25, 0.3) is 11.3 Å². The molecule has 2 heterocycles. The summed E-state index contributed by atoms with van der Waals surface area (Å²) in [7, 11) is -4.58. The molecule has 1 aromatic heterocycles. The lowest BCUT2D eigenvalue weighted by Crippen LogP contribution is -2.45. The summed E-state index contributed by atoms with van der Waals surface area (Å²) >= 11 is 0. The number of pyridine rings is 1. The highest BCUT2D eigenvalue weighted by Crippen LogP contribution is 2.36. The van der Waals surface area contributed by atoms with Crippen molar-refractivity contribution in [3.63, 3.8) is 0 Å². The van der Waals surface area contributed by atoms with Gasteiger partial charge in [0.25, 0.3) is 5.92 Å². The van der Waals surface area contributed by atoms with Crippen LogP contribution >= 0.6 is 0 Å². The molecule has 236 valence electrons. The molecule has 7 nitrogen and oxygen atoms in total. The average Bonchev–Trinajstić information content (AvgIpc) is 3.35. The zero-order chi connectivity index (χ0) is 32.4. The van der Waals surface area contributed by atoms with Gasteiger partial charge in [-0.3, -0.25) is 4.79 Å². The fraction of sp³-hybridized carbons (Fsp3) is 0.226. The highest BCUT2D eigenvalue weighted by molar-refractivity contribution is 7.89. The largest absolute Gasteiger partial charge is 0.416 e. The third kappa shape index (κ3) is 7.63. The Kier molecular flexibility index (Phi) is 8.90. The van der Waals surface area contributed by atoms with Crippen LogP contribution in [0.2, 0.25) is 0 Å². The number of nitrogens with one attached hydrogen (secondary N) is 2. The van der Waals surface area contributed by atoms with Crippen molar-refractivity contribution in [2.45, 2.75) is 42.5 Å². The summed E-state index contributed by atoms with van der Waals surface area (Å²) < 4.78 is 108. The molecule has 0 spiro atoms. The van der Waals surface area contributed by atoms with Gasteiger partial charge in [-0.05, 0) is 59.7 Å². The first-order valence-electron chi connectivity index (χ1n) is 13.6. The highest BCUT2D eigenvalue weighted by atomic mass is 32.2. The van der Waals surface area contributed by atoms with E-state index in [1.165, 1.54) is 18.2 Å². The molecule has 1 unspecified atom stereocenters. The molecule has 45 heavy (non-hydrogen) atoms. The molecule has 1 amide bonds. The first kappa shape index (κ1) is 32.0. The molecule has 0 bridgehead atoms. The molecular weight excluding hydrogens is 622 g/mol. The molecule has 0 radical (unpaired) electrons. The summed E-state index contributed by atoms with van der Waals surface area (Å²) in [6.07, 6.45) is -5.59. The summed E-state index contributed by atoms with van der Waals surface area (Å²) in [4.78, 5) is 17.2. The molecule has 1 atom stereocenters. The van der Waals surface area contributed by atoms with Crippen molar-refractivity contribution in [1.29, 1.82) is 0 Å². The number of halogens is 6. The second-order valence-electron chi connectivity index (χ2n) is 10.5. The van der Waals surface area contributed by atoms with E-state index in [0.29, 0.717) is 27.8 Å². The monoisotopic (exact) mass is 648 g/mol. The number of anilines is 1. The zero-order valence-corrected chi connectivity index (χ0v) is 24.2. The second-order valence-corrected chi connectivity index (χ2v) is 12.3. The van der Waals surface area contributed by atoms with E-state index in [9.17, 15) is 39.6 Å². The number of rotatable bonds is 9. The minimum atomic E-state index is -4.58. The van der Waals surface area contributed by atoms with Gasteiger partial charge in [0.15, 0.2) is 0 Å². The Morgan fingerprint density at radius 1 is 0.911 bits per heavy atom. The Labute approximate surface area is 255 Å². The molecule has 0 aliphatic carbocycles. The standard InChI is InChI=1S/C31H26F6N4O3S/c32-24-10-12-25(13-11-24)45(43,44)41-19-30(33,34)16-27(41)29(42)39-18-21-14-26(22-6-8-23(9-7-22)31(35,36)37)40-28(15-21)38-17-20-4-2-1-3-5-20/h1-15,27H,16-19H2,(H,38,40)(H,39,42). The van der Waals surface area contributed by atoms with E-state index in [0.717, 1.165) is 42.0 Å². The molecule has 1 fully saturated rings. The van der Waals surface area contributed by atoms with Crippen LogP contribution in [-0.4, -0.2) is 42.1 Å². The number of nitrogens with zero attached hydrogens (tertiary/aromatic N) is 2. The van der Waals surface area contributed by atoms with Gasteiger partial charge in [0.05, 0.1) is 22.7 Å². The van der Waals surface area contributed by atoms with E-state index < -0.39 is 63.3 Å². The van der Waals surface area contributed by atoms with Crippen LogP contribution in [0.4, 0.5) is 32.2 Å². The van der Waals surface area contributed by atoms with Crippen molar-refractivity contribution in [2.24, 2.45) is 0 Å². The van der Waals surface area contributed by atoms with Gasteiger partial charge in [-0.2, -0.15) is 17.5 Å². The molecule has 0 saturated carbocycles. The van der Waals surface area contributed by atoms with E-state index in [4.69, 9.17) is 0 Å². The number of hydrogen-bond donors (Lipinski definition) is 2. The number of amides is 1. The summed E-state index contributed by atoms with van der Waals surface area (Å²) in [5, 5.41) is 5.64. The fourth-order valence-corrected chi connectivity index (χ4v) is 6.47. The summed E-state index contributed by atoms with van der Waals surface area (Å²) in [6.45, 7) is -1.11. The van der Waals surface area contributed by atoms with Gasteiger partial charge in [-0.15, -0.1) is 0 Å². The summed E-state index contributed by atoms with van der Waals surface area (Å²) in [5.74, 6) is -4.87. The van der Waals surface area contributed by atoms with Crippen LogP contribution in [0.15, 0.2) is 95.9 Å². The Morgan fingerprint density at radius 2 is 1.58 bits per heavy atom. The molecule has 2 N–H and O–H groups in total. The molecule has 4 aromatic rings. The average molecular weight is 649 g/mol. The smallest absolute Gasteiger partial charge is 0.366 e. The normalized spacial score (nSPS) is 16.8. The molecule has 1 aliphatic rings. The molecule has 1 saturated heterocycles. The number of alkyl halides is 5. The number of aromatic nitrogens is 1. The lowest BCUT2D eigenvalue weighted by molar-refractivity contribution is -0.137. The van der Waals surface area contributed by atoms with E-state index in [1.54, 1.807) is 6.07 Å². The van der Waals surface area contributed by atoms with E-state index in [-0.39, 0.29) is 12.2 Å². The third-order valence-electron chi connectivity index (χ3n) is 7.13. The van der Waals surface area contributed by atoms with Crippen molar-refractivity contribution in [2.75, 3.05) is 11.9 Å². The molecule has 14 heteroatoms. The lowest BCUT2D eigenvalue weighted by Gasteiger charge is -2.23. The van der Waals surface area contributed by atoms with Crippen molar-refractivity contribution in [3.8, 4) is 11.3 Å². The Balaban J connectivity index is 1.39. The first-order valence-corrected chi connectivity index (χ1v) is 15.0. The van der Waals surface area contributed by atoms with Gasteiger partial charge < -0.3 is 10.6 Å². The topological polar surface area (TPSA) is 91.4 Å². The summed E-state index contributed by atoms with van der Waals surface area (Å²) in [6, 6.07) is 18.6. The zero-order valence-electron chi connectivity index (χ0n) is 23.4. The maximum Gasteiger partial charge on any atom is 0.416 e. The van der Waals surface area contributed by atoms with Gasteiger partial charge in [0, 0.05) is 25.1 Å². The predicted octanol–water partition coefficient (Wildman–Crippen LogP) is 6.23. The summed E-state index contributed by atoms with van der Waals surface area (Å²) in [5.41, 5.74) is 1.12. The molecular formula is C31H26F6N4O3S. The van der Waals surface area contributed by atoms with Crippen molar-refractivity contribution < 1.29 is 39.6 Å². The Bertz CT molecular complexity index is 1770. The third-order valence-corrected chi connectivity index (χ3v) is 8.99. The van der Waals surface area contributed by atoms with Crippen LogP contribution in [0.5, 0.6) is 0 Å². The van der Waals surface area contributed by atoms with E-state index in [1.807, 2.05) is 30.3 Å². The van der Waals surface area contributed by atoms with Crippen molar-refractivity contribution in [1.82, 2.24) is 14.6 Å². The molecule has 1 aliphatic heterocycles. The van der Waals surface area contributed by atoms with Gasteiger partial charge >= 0.3 is 6.18 Å². The number of hydrogen-bond acceptors (Lipinski definition) is 5. The highest BCUT2D eigenvalue weighted by Gasteiger charge is 2.52. The Morgan fingerprint density at radius 3 is 2.22 bits per heavy atom. The van der Waals surface area contributed by atoms with Crippen LogP contribution in [0, 0.1) is 5.82 Å². The maximum absolute atomic E-state index is 14.5. The van der Waals surface area contributed by atoms with Crippen molar-refractivity contribution >= 4 is 21.7 Å². The van der Waals surface area contributed by atoms with Crippen LogP contribution < -0.4 is 10.6 Å². The van der Waals surface area contributed by atoms with Gasteiger partial charge in [0.1, 0.15) is 17.7 Å². The number of carbonyl (C=O) groups excluding carboxylic acids is 1. The first-order chi connectivity index (χ1) is 21.2. The van der Waals surface area contributed by atoms with Crippen molar-refractivity contribution in [3.05, 3.63) is 114 Å². The maximum atomic E-state index is 14.5. The van der Waals surface area contributed by atoms with Gasteiger partial charge in [-0.25, -0.2) is 26.6 Å². The SMILES string of the molecule is O=C(NCc1cc(NCc2ccccc2)nc(-c2ccc(C(F)(F)F)cc2)c1)C1CC(F)(F)CN1S(=O)(=O)c1ccc(F)cc1. The minimum Gasteiger partial charge on any atom is -0.366 e.